The number of carbonyl (C=O) groups excluding carboxylic acids is 1. The molecular weight excluding hydrogens is 239 g/mol. The van der Waals surface area contributed by atoms with E-state index >= 15 is 0 Å². The predicted octanol–water partition coefficient (Wildman–Crippen LogP) is 2.03. The van der Waals surface area contributed by atoms with Crippen molar-refractivity contribution in [2.24, 2.45) is 0 Å². The largest absolute Gasteiger partial charge is 0.396 e. The molecule has 3 nitrogen and oxygen atoms in total. The van der Waals surface area contributed by atoms with Gasteiger partial charge in [0.2, 0.25) is 0 Å². The fraction of sp³-hybridized carbons (Fsp3) is 0.417. The molecule has 3 N–H and O–H groups in total. The van der Waals surface area contributed by atoms with Crippen molar-refractivity contribution >= 4 is 23.4 Å². The van der Waals surface area contributed by atoms with Crippen LogP contribution < -0.4 is 11.1 Å². The Labute approximate surface area is 104 Å². The standard InChI is InChI=1S/C12H15FN2OS/c13-10-2-1-8(7-11(10)14)12(16)15-9-3-5-17-6-4-9/h1-2,7,9H,3-6,14H2,(H,15,16). The maximum atomic E-state index is 13.0. The van der Waals surface area contributed by atoms with Crippen LogP contribution in [0.15, 0.2) is 18.2 Å². The number of thioether (sulfide) groups is 1. The minimum Gasteiger partial charge on any atom is -0.396 e. The molecule has 1 aromatic rings. The third-order valence-electron chi connectivity index (χ3n) is 2.81. The van der Waals surface area contributed by atoms with Gasteiger partial charge in [0, 0.05) is 11.6 Å². The summed E-state index contributed by atoms with van der Waals surface area (Å²) in [6, 6.07) is 4.29. The van der Waals surface area contributed by atoms with Gasteiger partial charge in [0.05, 0.1) is 5.69 Å². The van der Waals surface area contributed by atoms with Crippen molar-refractivity contribution in [2.45, 2.75) is 18.9 Å². The molecule has 0 radical (unpaired) electrons. The molecule has 0 aromatic heterocycles. The molecule has 1 aliphatic heterocycles. The number of nitrogens with one attached hydrogen (secondary N) is 1. The number of amides is 1. The lowest BCUT2D eigenvalue weighted by Gasteiger charge is -2.22. The zero-order chi connectivity index (χ0) is 12.3. The Hall–Kier alpha value is -1.23. The monoisotopic (exact) mass is 254 g/mol. The van der Waals surface area contributed by atoms with Crippen molar-refractivity contribution in [1.29, 1.82) is 0 Å². The van der Waals surface area contributed by atoms with Crippen molar-refractivity contribution in [3.63, 3.8) is 0 Å². The van der Waals surface area contributed by atoms with Gasteiger partial charge in [0.1, 0.15) is 5.82 Å². The van der Waals surface area contributed by atoms with Gasteiger partial charge in [-0.05, 0) is 42.5 Å². The van der Waals surface area contributed by atoms with Crippen molar-refractivity contribution in [1.82, 2.24) is 5.32 Å². The van der Waals surface area contributed by atoms with Crippen molar-refractivity contribution in [2.75, 3.05) is 17.2 Å². The van der Waals surface area contributed by atoms with Crippen LogP contribution in [0.4, 0.5) is 10.1 Å². The number of carbonyl (C=O) groups is 1. The summed E-state index contributed by atoms with van der Waals surface area (Å²) in [6.45, 7) is 0. The number of benzene rings is 1. The number of anilines is 1. The Balaban J connectivity index is 2.01. The molecule has 1 aromatic carbocycles. The molecular formula is C12H15FN2OS. The molecule has 2 rings (SSSR count). The minimum absolute atomic E-state index is 0.0110. The van der Waals surface area contributed by atoms with Gasteiger partial charge in [-0.1, -0.05) is 0 Å². The predicted molar refractivity (Wildman–Crippen MR) is 68.6 cm³/mol. The van der Waals surface area contributed by atoms with Crippen LogP contribution in [0, 0.1) is 5.82 Å². The molecule has 1 amide bonds. The van der Waals surface area contributed by atoms with E-state index in [1.807, 2.05) is 11.8 Å². The lowest BCUT2D eigenvalue weighted by molar-refractivity contribution is 0.0935. The Bertz CT molecular complexity index is 419. The molecule has 0 spiro atoms. The Kier molecular flexibility index (Phi) is 3.89. The summed E-state index contributed by atoms with van der Waals surface area (Å²) in [5.74, 6) is 1.50. The van der Waals surface area contributed by atoms with Gasteiger partial charge in [-0.2, -0.15) is 11.8 Å². The van der Waals surface area contributed by atoms with Gasteiger partial charge in [0.25, 0.3) is 5.91 Å². The molecule has 1 heterocycles. The van der Waals surface area contributed by atoms with E-state index in [4.69, 9.17) is 5.73 Å². The average molecular weight is 254 g/mol. The van der Waals surface area contributed by atoms with E-state index in [2.05, 4.69) is 5.32 Å². The minimum atomic E-state index is -0.490. The summed E-state index contributed by atoms with van der Waals surface area (Å²) in [7, 11) is 0. The van der Waals surface area contributed by atoms with E-state index in [9.17, 15) is 9.18 Å². The zero-order valence-corrected chi connectivity index (χ0v) is 10.2. The summed E-state index contributed by atoms with van der Waals surface area (Å²) in [4.78, 5) is 11.9. The second-order valence-electron chi connectivity index (χ2n) is 4.10. The molecule has 0 unspecified atom stereocenters. The van der Waals surface area contributed by atoms with E-state index in [0.29, 0.717) is 5.56 Å². The first-order chi connectivity index (χ1) is 8.16. The number of halogens is 1. The molecule has 1 fully saturated rings. The fourth-order valence-electron chi connectivity index (χ4n) is 1.80. The second-order valence-corrected chi connectivity index (χ2v) is 5.32. The molecule has 1 aliphatic rings. The van der Waals surface area contributed by atoms with E-state index in [1.54, 1.807) is 0 Å². The summed E-state index contributed by atoms with van der Waals surface area (Å²) in [5.41, 5.74) is 5.86. The highest BCUT2D eigenvalue weighted by molar-refractivity contribution is 7.99. The molecule has 92 valence electrons. The van der Waals surface area contributed by atoms with Crippen LogP contribution in [-0.2, 0) is 0 Å². The van der Waals surface area contributed by atoms with E-state index in [0.717, 1.165) is 24.3 Å². The van der Waals surface area contributed by atoms with Crippen LogP contribution in [0.25, 0.3) is 0 Å². The summed E-state index contributed by atoms with van der Waals surface area (Å²) < 4.78 is 13.0. The SMILES string of the molecule is Nc1cc(C(=O)NC2CCSCC2)ccc1F. The lowest BCUT2D eigenvalue weighted by atomic mass is 10.1. The number of nitrogen functional groups attached to an aromatic ring is 1. The highest BCUT2D eigenvalue weighted by Gasteiger charge is 2.17. The molecule has 17 heavy (non-hydrogen) atoms. The summed E-state index contributed by atoms with van der Waals surface area (Å²) in [5, 5.41) is 2.95. The first-order valence-electron chi connectivity index (χ1n) is 5.60. The summed E-state index contributed by atoms with van der Waals surface area (Å²) in [6.07, 6.45) is 1.99. The number of nitrogens with two attached hydrogens (primary N) is 1. The number of rotatable bonds is 2. The highest BCUT2D eigenvalue weighted by atomic mass is 32.2. The van der Waals surface area contributed by atoms with Crippen LogP contribution in [0.1, 0.15) is 23.2 Å². The molecule has 0 saturated carbocycles. The van der Waals surface area contributed by atoms with Gasteiger partial charge in [-0.3, -0.25) is 4.79 Å². The van der Waals surface area contributed by atoms with Crippen LogP contribution in [0.5, 0.6) is 0 Å². The Morgan fingerprint density at radius 2 is 2.12 bits per heavy atom. The maximum Gasteiger partial charge on any atom is 0.251 e. The molecule has 5 heteroatoms. The zero-order valence-electron chi connectivity index (χ0n) is 9.41. The van der Waals surface area contributed by atoms with Gasteiger partial charge in [0.15, 0.2) is 0 Å². The van der Waals surface area contributed by atoms with Gasteiger partial charge >= 0.3 is 0 Å². The smallest absolute Gasteiger partial charge is 0.251 e. The molecule has 1 saturated heterocycles. The topological polar surface area (TPSA) is 55.1 Å². The van der Waals surface area contributed by atoms with E-state index in [-0.39, 0.29) is 17.6 Å². The summed E-state index contributed by atoms with van der Waals surface area (Å²) >= 11 is 1.91. The van der Waals surface area contributed by atoms with Crippen LogP contribution in [-0.4, -0.2) is 23.5 Å². The molecule has 0 atom stereocenters. The van der Waals surface area contributed by atoms with Crippen LogP contribution >= 0.6 is 11.8 Å². The number of hydrogen-bond donors (Lipinski definition) is 2. The third kappa shape index (κ3) is 3.12. The van der Waals surface area contributed by atoms with Crippen LogP contribution in [0.2, 0.25) is 0 Å². The molecule has 0 bridgehead atoms. The van der Waals surface area contributed by atoms with Gasteiger partial charge in [-0.25, -0.2) is 4.39 Å². The molecule has 0 aliphatic carbocycles. The highest BCUT2D eigenvalue weighted by Crippen LogP contribution is 2.18. The lowest BCUT2D eigenvalue weighted by Crippen LogP contribution is -2.37. The maximum absolute atomic E-state index is 13.0. The van der Waals surface area contributed by atoms with Crippen LogP contribution in [0.3, 0.4) is 0 Å². The van der Waals surface area contributed by atoms with Crippen molar-refractivity contribution in [3.05, 3.63) is 29.6 Å². The second kappa shape index (κ2) is 5.40. The van der Waals surface area contributed by atoms with E-state index in [1.165, 1.54) is 18.2 Å². The third-order valence-corrected chi connectivity index (χ3v) is 3.86. The fourth-order valence-corrected chi connectivity index (χ4v) is 2.90. The van der Waals surface area contributed by atoms with Crippen molar-refractivity contribution in [3.8, 4) is 0 Å². The Morgan fingerprint density at radius 3 is 2.76 bits per heavy atom. The quantitative estimate of drug-likeness (QED) is 0.794. The van der Waals surface area contributed by atoms with E-state index < -0.39 is 5.82 Å². The van der Waals surface area contributed by atoms with Gasteiger partial charge < -0.3 is 11.1 Å². The Morgan fingerprint density at radius 1 is 1.41 bits per heavy atom. The number of hydrogen-bond acceptors (Lipinski definition) is 3. The normalized spacial score (nSPS) is 16.8. The first kappa shape index (κ1) is 12.2. The first-order valence-corrected chi connectivity index (χ1v) is 6.76. The van der Waals surface area contributed by atoms with Crippen molar-refractivity contribution < 1.29 is 9.18 Å². The average Bonchev–Trinajstić information content (AvgIpc) is 2.34. The van der Waals surface area contributed by atoms with Gasteiger partial charge in [-0.15, -0.1) is 0 Å².